The molecule has 1 saturated heterocycles. The quantitative estimate of drug-likeness (QED) is 0.502. The summed E-state index contributed by atoms with van der Waals surface area (Å²) in [7, 11) is 3.59. The van der Waals surface area contributed by atoms with E-state index < -0.39 is 0 Å². The second kappa shape index (κ2) is 2.25. The molecule has 0 aromatic carbocycles. The van der Waals surface area contributed by atoms with Crippen molar-refractivity contribution >= 4 is 0 Å². The number of likely N-dealkylation sites (N-methyl/N-ethyl adjacent to an activating group) is 1. The average molecular weight is 131 g/mol. The molecule has 0 spiro atoms. The Morgan fingerprint density at radius 1 is 1.56 bits per heavy atom. The molecular formula is C6H13NO2. The minimum absolute atomic E-state index is 0.120. The smallest absolute Gasteiger partial charge is 0.0896 e. The highest BCUT2D eigenvalue weighted by Gasteiger charge is 2.37. The van der Waals surface area contributed by atoms with Crippen LogP contribution in [0.5, 0.6) is 0 Å². The summed E-state index contributed by atoms with van der Waals surface area (Å²) in [6, 6.07) is 0. The van der Waals surface area contributed by atoms with Crippen LogP contribution in [0.3, 0.4) is 0 Å². The Morgan fingerprint density at radius 3 is 2.22 bits per heavy atom. The van der Waals surface area contributed by atoms with Gasteiger partial charge in [0.25, 0.3) is 0 Å². The van der Waals surface area contributed by atoms with E-state index in [-0.39, 0.29) is 5.54 Å². The van der Waals surface area contributed by atoms with E-state index in [1.807, 2.05) is 12.1 Å². The van der Waals surface area contributed by atoms with E-state index in [0.717, 1.165) is 13.2 Å². The molecule has 0 bridgehead atoms. The van der Waals surface area contributed by atoms with Crippen molar-refractivity contribution in [1.29, 1.82) is 0 Å². The Balaban J connectivity index is 2.38. The maximum absolute atomic E-state index is 5.04. The zero-order valence-electron chi connectivity index (χ0n) is 6.18. The van der Waals surface area contributed by atoms with Gasteiger partial charge in [-0.05, 0) is 6.92 Å². The van der Waals surface area contributed by atoms with E-state index in [9.17, 15) is 0 Å². The van der Waals surface area contributed by atoms with Crippen molar-refractivity contribution in [1.82, 2.24) is 5.06 Å². The molecule has 54 valence electrons. The molecule has 3 heteroatoms. The predicted octanol–water partition coefficient (Wildman–Crippen LogP) is 0.268. The fourth-order valence-corrected chi connectivity index (χ4v) is 0.800. The minimum Gasteiger partial charge on any atom is -0.377 e. The summed E-state index contributed by atoms with van der Waals surface area (Å²) in [5, 5.41) is 1.83. The highest BCUT2D eigenvalue weighted by atomic mass is 16.7. The molecule has 0 saturated carbocycles. The van der Waals surface area contributed by atoms with Crippen molar-refractivity contribution in [2.75, 3.05) is 27.4 Å². The number of nitrogens with zero attached hydrogens (tertiary/aromatic N) is 1. The van der Waals surface area contributed by atoms with Gasteiger partial charge in [0.05, 0.1) is 25.9 Å². The first-order chi connectivity index (χ1) is 4.19. The summed E-state index contributed by atoms with van der Waals surface area (Å²) in [6.45, 7) is 3.66. The van der Waals surface area contributed by atoms with Gasteiger partial charge in [-0.1, -0.05) is 0 Å². The zero-order valence-corrected chi connectivity index (χ0v) is 6.18. The van der Waals surface area contributed by atoms with Crippen LogP contribution in [0.2, 0.25) is 0 Å². The van der Waals surface area contributed by atoms with Gasteiger partial charge in [-0.3, -0.25) is 0 Å². The third-order valence-electron chi connectivity index (χ3n) is 1.86. The van der Waals surface area contributed by atoms with Gasteiger partial charge in [0.2, 0.25) is 0 Å². The van der Waals surface area contributed by atoms with Gasteiger partial charge in [-0.15, -0.1) is 0 Å². The number of ether oxygens (including phenoxy) is 1. The third kappa shape index (κ3) is 1.08. The molecule has 1 heterocycles. The lowest BCUT2D eigenvalue weighted by molar-refractivity contribution is -0.253. The highest BCUT2D eigenvalue weighted by molar-refractivity contribution is 4.87. The molecule has 1 aliphatic rings. The van der Waals surface area contributed by atoms with E-state index >= 15 is 0 Å². The van der Waals surface area contributed by atoms with Crippen molar-refractivity contribution in [3.8, 4) is 0 Å². The molecule has 3 nitrogen and oxygen atoms in total. The molecule has 0 unspecified atom stereocenters. The molecule has 0 aromatic rings. The summed E-state index contributed by atoms with van der Waals surface area (Å²) < 4.78 is 5.04. The van der Waals surface area contributed by atoms with E-state index in [4.69, 9.17) is 9.57 Å². The molecule has 0 N–H and O–H groups in total. The molecule has 9 heavy (non-hydrogen) atoms. The van der Waals surface area contributed by atoms with Gasteiger partial charge in [0.1, 0.15) is 0 Å². The van der Waals surface area contributed by atoms with Crippen LogP contribution in [0.15, 0.2) is 0 Å². The van der Waals surface area contributed by atoms with Gasteiger partial charge in [0.15, 0.2) is 0 Å². The Morgan fingerprint density at radius 2 is 2.11 bits per heavy atom. The van der Waals surface area contributed by atoms with Crippen molar-refractivity contribution in [3.63, 3.8) is 0 Å². The van der Waals surface area contributed by atoms with Gasteiger partial charge < -0.3 is 9.57 Å². The van der Waals surface area contributed by atoms with Crippen molar-refractivity contribution in [3.05, 3.63) is 0 Å². The fourth-order valence-electron chi connectivity index (χ4n) is 0.800. The molecule has 0 atom stereocenters. The Bertz CT molecular complexity index is 101. The molecule has 1 fully saturated rings. The van der Waals surface area contributed by atoms with E-state index in [1.54, 1.807) is 7.11 Å². The molecule has 0 radical (unpaired) electrons. The van der Waals surface area contributed by atoms with Crippen LogP contribution in [0.4, 0.5) is 0 Å². The summed E-state index contributed by atoms with van der Waals surface area (Å²) >= 11 is 0. The molecule has 0 aliphatic carbocycles. The van der Waals surface area contributed by atoms with Crippen LogP contribution >= 0.6 is 0 Å². The lowest BCUT2D eigenvalue weighted by Crippen LogP contribution is -2.58. The number of hydrogen-bond acceptors (Lipinski definition) is 3. The molecule has 0 aromatic heterocycles. The van der Waals surface area contributed by atoms with Gasteiger partial charge in [-0.25, -0.2) is 0 Å². The topological polar surface area (TPSA) is 21.7 Å². The van der Waals surface area contributed by atoms with Gasteiger partial charge >= 0.3 is 0 Å². The Labute approximate surface area is 55.5 Å². The van der Waals surface area contributed by atoms with Crippen LogP contribution < -0.4 is 0 Å². The summed E-state index contributed by atoms with van der Waals surface area (Å²) in [5.74, 6) is 0. The van der Waals surface area contributed by atoms with Crippen LogP contribution in [0.25, 0.3) is 0 Å². The molecule has 0 amide bonds. The maximum atomic E-state index is 5.04. The Hall–Kier alpha value is -0.120. The third-order valence-corrected chi connectivity index (χ3v) is 1.86. The highest BCUT2D eigenvalue weighted by Crippen LogP contribution is 2.22. The van der Waals surface area contributed by atoms with Crippen molar-refractivity contribution < 1.29 is 9.57 Å². The van der Waals surface area contributed by atoms with Crippen molar-refractivity contribution in [2.24, 2.45) is 0 Å². The first-order valence-electron chi connectivity index (χ1n) is 3.05. The fraction of sp³-hybridized carbons (Fsp3) is 1.00. The Kier molecular flexibility index (Phi) is 1.75. The summed E-state index contributed by atoms with van der Waals surface area (Å²) in [6.07, 6.45) is 0. The predicted molar refractivity (Wildman–Crippen MR) is 34.0 cm³/mol. The first kappa shape index (κ1) is 6.99. The lowest BCUT2D eigenvalue weighted by atomic mass is 10.0. The van der Waals surface area contributed by atoms with Gasteiger partial charge in [0, 0.05) is 7.05 Å². The SMILES string of the molecule is CON(C)C1(C)COC1. The average Bonchev–Trinajstić information content (AvgIpc) is 1.81. The van der Waals surface area contributed by atoms with Crippen LogP contribution in [-0.2, 0) is 9.57 Å². The van der Waals surface area contributed by atoms with Crippen LogP contribution in [0.1, 0.15) is 6.92 Å². The van der Waals surface area contributed by atoms with Crippen LogP contribution in [0, 0.1) is 0 Å². The summed E-state index contributed by atoms with van der Waals surface area (Å²) in [5.41, 5.74) is 0.120. The van der Waals surface area contributed by atoms with Gasteiger partial charge in [-0.2, -0.15) is 5.06 Å². The monoisotopic (exact) mass is 131 g/mol. The normalized spacial score (nSPS) is 24.0. The molecule has 1 aliphatic heterocycles. The van der Waals surface area contributed by atoms with E-state index in [2.05, 4.69) is 6.92 Å². The van der Waals surface area contributed by atoms with Crippen LogP contribution in [-0.4, -0.2) is 38.0 Å². The van der Waals surface area contributed by atoms with Crippen molar-refractivity contribution in [2.45, 2.75) is 12.5 Å². The lowest BCUT2D eigenvalue weighted by Gasteiger charge is -2.43. The number of hydrogen-bond donors (Lipinski definition) is 0. The molecular weight excluding hydrogens is 118 g/mol. The zero-order chi connectivity index (χ0) is 6.91. The largest absolute Gasteiger partial charge is 0.377 e. The minimum atomic E-state index is 0.120. The van der Waals surface area contributed by atoms with E-state index in [0.29, 0.717) is 0 Å². The number of rotatable bonds is 2. The summed E-state index contributed by atoms with van der Waals surface area (Å²) in [4.78, 5) is 5.01. The van der Waals surface area contributed by atoms with E-state index in [1.165, 1.54) is 0 Å². The maximum Gasteiger partial charge on any atom is 0.0896 e. The number of hydroxylamine groups is 2. The standard InChI is InChI=1S/C6H13NO2/c1-6(4-9-5-6)7(2)8-3/h4-5H2,1-3H3. The first-order valence-corrected chi connectivity index (χ1v) is 3.05. The second-order valence-corrected chi connectivity index (χ2v) is 2.67. The molecule has 1 rings (SSSR count). The second-order valence-electron chi connectivity index (χ2n) is 2.67.